The van der Waals surface area contributed by atoms with Crippen molar-refractivity contribution in [3.05, 3.63) is 28.2 Å². The van der Waals surface area contributed by atoms with Gasteiger partial charge in [-0.15, -0.1) is 11.3 Å². The van der Waals surface area contributed by atoms with Crippen molar-refractivity contribution in [1.82, 2.24) is 10.3 Å². The van der Waals surface area contributed by atoms with Crippen molar-refractivity contribution in [3.63, 3.8) is 0 Å². The van der Waals surface area contributed by atoms with Crippen LogP contribution in [0.15, 0.2) is 17.5 Å². The molecule has 2 unspecified atom stereocenters. The SMILES string of the molecule is Cc1nc(CNC(=O)C2CC=CCC2C(=O)O)cs1. The molecule has 0 aliphatic heterocycles. The topological polar surface area (TPSA) is 79.3 Å². The number of allylic oxidation sites excluding steroid dienone is 2. The molecule has 0 fully saturated rings. The second-order valence-electron chi connectivity index (χ2n) is 4.57. The first-order chi connectivity index (χ1) is 9.08. The third-order valence-corrected chi connectivity index (χ3v) is 4.02. The third-order valence-electron chi connectivity index (χ3n) is 3.20. The molecule has 1 heterocycles. The summed E-state index contributed by atoms with van der Waals surface area (Å²) in [6.45, 7) is 2.26. The highest BCUT2D eigenvalue weighted by molar-refractivity contribution is 7.09. The number of nitrogens with one attached hydrogen (secondary N) is 1. The Labute approximate surface area is 115 Å². The summed E-state index contributed by atoms with van der Waals surface area (Å²) in [6, 6.07) is 0. The van der Waals surface area contributed by atoms with Gasteiger partial charge >= 0.3 is 5.97 Å². The Morgan fingerprint density at radius 2 is 2.11 bits per heavy atom. The minimum Gasteiger partial charge on any atom is -0.481 e. The Hall–Kier alpha value is -1.69. The van der Waals surface area contributed by atoms with Gasteiger partial charge in [-0.2, -0.15) is 0 Å². The number of amides is 1. The lowest BCUT2D eigenvalue weighted by molar-refractivity contribution is -0.147. The number of hydrogen-bond acceptors (Lipinski definition) is 4. The first-order valence-electron chi connectivity index (χ1n) is 6.14. The molecule has 0 bridgehead atoms. The Morgan fingerprint density at radius 1 is 1.42 bits per heavy atom. The van der Waals surface area contributed by atoms with Crippen LogP contribution >= 0.6 is 11.3 Å². The van der Waals surface area contributed by atoms with E-state index in [-0.39, 0.29) is 5.91 Å². The minimum absolute atomic E-state index is 0.206. The number of thiazole rings is 1. The molecule has 0 saturated carbocycles. The predicted molar refractivity (Wildman–Crippen MR) is 71.7 cm³/mol. The molecule has 19 heavy (non-hydrogen) atoms. The Kier molecular flexibility index (Phi) is 4.31. The molecule has 0 aromatic carbocycles. The van der Waals surface area contributed by atoms with Gasteiger partial charge in [0, 0.05) is 5.38 Å². The molecule has 5 nitrogen and oxygen atoms in total. The largest absolute Gasteiger partial charge is 0.481 e. The molecule has 1 amide bonds. The highest BCUT2D eigenvalue weighted by Gasteiger charge is 2.33. The zero-order chi connectivity index (χ0) is 13.8. The van der Waals surface area contributed by atoms with E-state index in [0.717, 1.165) is 10.7 Å². The zero-order valence-corrected chi connectivity index (χ0v) is 11.4. The maximum absolute atomic E-state index is 12.1. The predicted octanol–water partition coefficient (Wildman–Crippen LogP) is 1.73. The van der Waals surface area contributed by atoms with Crippen LogP contribution in [-0.4, -0.2) is 22.0 Å². The van der Waals surface area contributed by atoms with Crippen molar-refractivity contribution >= 4 is 23.2 Å². The molecule has 2 atom stereocenters. The van der Waals surface area contributed by atoms with Crippen molar-refractivity contribution in [2.45, 2.75) is 26.3 Å². The molecule has 1 aromatic heterocycles. The maximum Gasteiger partial charge on any atom is 0.307 e. The van der Waals surface area contributed by atoms with Gasteiger partial charge in [0.25, 0.3) is 0 Å². The number of carbonyl (C=O) groups excluding carboxylic acids is 1. The van der Waals surface area contributed by atoms with Crippen LogP contribution in [0, 0.1) is 18.8 Å². The van der Waals surface area contributed by atoms with Crippen LogP contribution < -0.4 is 5.32 Å². The second-order valence-corrected chi connectivity index (χ2v) is 5.63. The van der Waals surface area contributed by atoms with E-state index in [1.54, 1.807) is 0 Å². The van der Waals surface area contributed by atoms with Gasteiger partial charge < -0.3 is 10.4 Å². The summed E-state index contributed by atoms with van der Waals surface area (Å²) in [6.07, 6.45) is 4.60. The molecule has 0 saturated heterocycles. The normalized spacial score (nSPS) is 22.2. The number of nitrogens with zero attached hydrogens (tertiary/aromatic N) is 1. The number of carboxylic acids is 1. The average molecular weight is 280 g/mol. The van der Waals surface area contributed by atoms with Crippen molar-refractivity contribution in [2.75, 3.05) is 0 Å². The Balaban J connectivity index is 1.95. The lowest BCUT2D eigenvalue weighted by Gasteiger charge is -2.24. The van der Waals surface area contributed by atoms with E-state index in [1.807, 2.05) is 24.5 Å². The van der Waals surface area contributed by atoms with E-state index in [4.69, 9.17) is 5.11 Å². The lowest BCUT2D eigenvalue weighted by atomic mass is 9.82. The molecule has 1 aromatic rings. The zero-order valence-electron chi connectivity index (χ0n) is 10.6. The van der Waals surface area contributed by atoms with Crippen LogP contribution in [0.5, 0.6) is 0 Å². The van der Waals surface area contributed by atoms with Crippen molar-refractivity contribution in [2.24, 2.45) is 11.8 Å². The summed E-state index contributed by atoms with van der Waals surface area (Å²) in [4.78, 5) is 27.4. The van der Waals surface area contributed by atoms with Crippen LogP contribution in [-0.2, 0) is 16.1 Å². The standard InChI is InChI=1S/C13H16N2O3S/c1-8-15-9(7-19-8)6-14-12(16)10-4-2-3-5-11(10)13(17)18/h2-3,7,10-11H,4-6H2,1H3,(H,14,16)(H,17,18). The van der Waals surface area contributed by atoms with Crippen LogP contribution in [0.1, 0.15) is 23.5 Å². The summed E-state index contributed by atoms with van der Waals surface area (Å²) in [5.41, 5.74) is 0.814. The van der Waals surface area contributed by atoms with Crippen molar-refractivity contribution in [1.29, 1.82) is 0 Å². The average Bonchev–Trinajstić information content (AvgIpc) is 2.81. The molecule has 2 rings (SSSR count). The van der Waals surface area contributed by atoms with Gasteiger partial charge in [0.1, 0.15) is 0 Å². The fraction of sp³-hybridized carbons (Fsp3) is 0.462. The van der Waals surface area contributed by atoms with Gasteiger partial charge in [0.05, 0.1) is 29.1 Å². The van der Waals surface area contributed by atoms with Gasteiger partial charge in [-0.05, 0) is 19.8 Å². The minimum atomic E-state index is -0.908. The molecule has 0 spiro atoms. The van der Waals surface area contributed by atoms with E-state index in [1.165, 1.54) is 11.3 Å². The summed E-state index contributed by atoms with van der Waals surface area (Å²) in [5, 5.41) is 14.7. The molecular formula is C13H16N2O3S. The monoisotopic (exact) mass is 280 g/mol. The number of carboxylic acid groups (broad SMARTS) is 1. The number of carbonyl (C=O) groups is 2. The van der Waals surface area contributed by atoms with Gasteiger partial charge in [-0.3, -0.25) is 9.59 Å². The fourth-order valence-corrected chi connectivity index (χ4v) is 2.79. The van der Waals surface area contributed by atoms with E-state index in [0.29, 0.717) is 19.4 Å². The summed E-state index contributed by atoms with van der Waals surface area (Å²) in [7, 11) is 0. The van der Waals surface area contributed by atoms with E-state index in [2.05, 4.69) is 10.3 Å². The smallest absolute Gasteiger partial charge is 0.307 e. The van der Waals surface area contributed by atoms with Crippen molar-refractivity contribution in [3.8, 4) is 0 Å². The molecule has 1 aliphatic carbocycles. The van der Waals surface area contributed by atoms with Crippen LogP contribution in [0.3, 0.4) is 0 Å². The maximum atomic E-state index is 12.1. The molecule has 0 radical (unpaired) electrons. The number of aryl methyl sites for hydroxylation is 1. The van der Waals surface area contributed by atoms with E-state index < -0.39 is 17.8 Å². The number of hydrogen-bond donors (Lipinski definition) is 2. The number of rotatable bonds is 4. The first kappa shape index (κ1) is 13.7. The quantitative estimate of drug-likeness (QED) is 0.823. The summed E-state index contributed by atoms with van der Waals surface area (Å²) < 4.78 is 0. The molecular weight excluding hydrogens is 264 g/mol. The Morgan fingerprint density at radius 3 is 2.68 bits per heavy atom. The van der Waals surface area contributed by atoms with Crippen LogP contribution in [0.4, 0.5) is 0 Å². The fourth-order valence-electron chi connectivity index (χ4n) is 2.18. The molecule has 6 heteroatoms. The van der Waals surface area contributed by atoms with Gasteiger partial charge in [-0.25, -0.2) is 4.98 Å². The van der Waals surface area contributed by atoms with Gasteiger partial charge in [-0.1, -0.05) is 12.2 Å². The number of aromatic nitrogens is 1. The lowest BCUT2D eigenvalue weighted by Crippen LogP contribution is -2.38. The van der Waals surface area contributed by atoms with Crippen LogP contribution in [0.2, 0.25) is 0 Å². The van der Waals surface area contributed by atoms with E-state index >= 15 is 0 Å². The molecule has 102 valence electrons. The highest BCUT2D eigenvalue weighted by atomic mass is 32.1. The van der Waals surface area contributed by atoms with Crippen LogP contribution in [0.25, 0.3) is 0 Å². The second kappa shape index (κ2) is 5.97. The molecule has 1 aliphatic rings. The van der Waals surface area contributed by atoms with Crippen molar-refractivity contribution < 1.29 is 14.7 Å². The first-order valence-corrected chi connectivity index (χ1v) is 7.02. The summed E-state index contributed by atoms with van der Waals surface area (Å²) >= 11 is 1.53. The molecule has 2 N–H and O–H groups in total. The highest BCUT2D eigenvalue weighted by Crippen LogP contribution is 2.26. The van der Waals surface area contributed by atoms with Gasteiger partial charge in [0.15, 0.2) is 0 Å². The van der Waals surface area contributed by atoms with E-state index in [9.17, 15) is 9.59 Å². The Bertz CT molecular complexity index is 510. The third kappa shape index (κ3) is 3.41. The summed E-state index contributed by atoms with van der Waals surface area (Å²) in [5.74, 6) is -2.22. The van der Waals surface area contributed by atoms with Gasteiger partial charge in [0.2, 0.25) is 5.91 Å². The number of aliphatic carboxylic acids is 1.